The molecule has 0 bridgehead atoms. The number of rotatable bonds is 3. The molecule has 0 aliphatic heterocycles. The van der Waals surface area contributed by atoms with Crippen molar-refractivity contribution in [3.63, 3.8) is 0 Å². The molecular formula is C20H16Cl2O2. The third-order valence-corrected chi connectivity index (χ3v) is 4.92. The minimum atomic E-state index is -0.129. The highest BCUT2D eigenvalue weighted by molar-refractivity contribution is 6.42. The van der Waals surface area contributed by atoms with Crippen molar-refractivity contribution < 1.29 is 9.90 Å². The number of aliphatic hydroxyl groups is 1. The Morgan fingerprint density at radius 2 is 1.75 bits per heavy atom. The topological polar surface area (TPSA) is 37.3 Å². The van der Waals surface area contributed by atoms with Gasteiger partial charge in [0.2, 0.25) is 0 Å². The zero-order chi connectivity index (χ0) is 17.1. The Hall–Kier alpha value is -2.03. The number of Topliss-reactive ketones (excluding diaryl/α,β-unsaturated/α-hetero) is 1. The van der Waals surface area contributed by atoms with Crippen molar-refractivity contribution in [3.05, 3.63) is 86.6 Å². The third-order valence-electron chi connectivity index (χ3n) is 4.08. The summed E-state index contributed by atoms with van der Waals surface area (Å²) in [6.07, 6.45) is 3.88. The lowest BCUT2D eigenvalue weighted by atomic mass is 9.88. The lowest BCUT2D eigenvalue weighted by Gasteiger charge is -2.18. The monoisotopic (exact) mass is 358 g/mol. The molecular weight excluding hydrogens is 343 g/mol. The van der Waals surface area contributed by atoms with E-state index in [2.05, 4.69) is 0 Å². The van der Waals surface area contributed by atoms with E-state index >= 15 is 0 Å². The number of hydrogen-bond acceptors (Lipinski definition) is 2. The second-order valence-electron chi connectivity index (χ2n) is 5.69. The molecule has 1 aliphatic carbocycles. The molecule has 0 saturated heterocycles. The zero-order valence-electron chi connectivity index (χ0n) is 12.9. The van der Waals surface area contributed by atoms with Gasteiger partial charge in [-0.05, 0) is 42.5 Å². The van der Waals surface area contributed by atoms with Gasteiger partial charge < -0.3 is 5.11 Å². The van der Waals surface area contributed by atoms with Crippen LogP contribution in [0.2, 0.25) is 10.0 Å². The predicted octanol–water partition coefficient (Wildman–Crippen LogP) is 6.26. The molecule has 0 unspecified atom stereocenters. The zero-order valence-corrected chi connectivity index (χ0v) is 14.4. The van der Waals surface area contributed by atoms with Gasteiger partial charge in [0.25, 0.3) is 0 Å². The quantitative estimate of drug-likeness (QED) is 0.657. The van der Waals surface area contributed by atoms with E-state index in [1.807, 2.05) is 24.3 Å². The summed E-state index contributed by atoms with van der Waals surface area (Å²) < 4.78 is 0. The van der Waals surface area contributed by atoms with Crippen LogP contribution < -0.4 is 0 Å². The lowest BCUT2D eigenvalue weighted by Crippen LogP contribution is -2.12. The maximum Gasteiger partial charge on any atom is 0.192 e. The fourth-order valence-corrected chi connectivity index (χ4v) is 3.19. The molecule has 2 aromatic carbocycles. The molecule has 2 nitrogen and oxygen atoms in total. The molecule has 4 heteroatoms. The van der Waals surface area contributed by atoms with E-state index in [1.165, 1.54) is 0 Å². The first-order chi connectivity index (χ1) is 11.6. The summed E-state index contributed by atoms with van der Waals surface area (Å²) in [7, 11) is 0. The van der Waals surface area contributed by atoms with Crippen molar-refractivity contribution in [1.82, 2.24) is 0 Å². The Bertz CT molecular complexity index is 836. The Morgan fingerprint density at radius 3 is 2.50 bits per heavy atom. The van der Waals surface area contributed by atoms with Crippen LogP contribution in [0.15, 0.2) is 65.4 Å². The van der Waals surface area contributed by atoms with E-state index in [0.717, 1.165) is 12.0 Å². The molecule has 122 valence electrons. The fraction of sp³-hybridized carbons (Fsp3) is 0.150. The van der Waals surface area contributed by atoms with Crippen LogP contribution in [0, 0.1) is 0 Å². The van der Waals surface area contributed by atoms with Crippen molar-refractivity contribution >= 4 is 35.1 Å². The van der Waals surface area contributed by atoms with Gasteiger partial charge in [-0.25, -0.2) is 0 Å². The second kappa shape index (κ2) is 7.25. The lowest BCUT2D eigenvalue weighted by molar-refractivity contribution is 0.102. The first-order valence-corrected chi connectivity index (χ1v) is 8.50. The number of carbonyl (C=O) groups excluding carboxylic acids is 1. The highest BCUT2D eigenvalue weighted by Gasteiger charge is 2.23. The number of halogens is 2. The number of hydrogen-bond donors (Lipinski definition) is 1. The maximum atomic E-state index is 12.6. The molecule has 2 aromatic rings. The van der Waals surface area contributed by atoms with Gasteiger partial charge in [-0.2, -0.15) is 0 Å². The average Bonchev–Trinajstić information content (AvgIpc) is 2.61. The molecule has 0 atom stereocenters. The van der Waals surface area contributed by atoms with Crippen LogP contribution in [0.3, 0.4) is 0 Å². The van der Waals surface area contributed by atoms with Crippen LogP contribution in [0.25, 0.3) is 6.08 Å². The van der Waals surface area contributed by atoms with Gasteiger partial charge in [0, 0.05) is 11.1 Å². The van der Waals surface area contributed by atoms with Crippen LogP contribution in [-0.4, -0.2) is 10.9 Å². The fourth-order valence-electron chi connectivity index (χ4n) is 2.83. The summed E-state index contributed by atoms with van der Waals surface area (Å²) in [6.45, 7) is 0. The van der Waals surface area contributed by atoms with Crippen LogP contribution >= 0.6 is 23.2 Å². The average molecular weight is 359 g/mol. The Balaban J connectivity index is 2.00. The molecule has 0 heterocycles. The summed E-state index contributed by atoms with van der Waals surface area (Å²) >= 11 is 12.3. The molecule has 0 radical (unpaired) electrons. The number of allylic oxidation sites excluding steroid dienone is 2. The van der Waals surface area contributed by atoms with Gasteiger partial charge in [0.15, 0.2) is 5.78 Å². The van der Waals surface area contributed by atoms with E-state index in [-0.39, 0.29) is 11.5 Å². The first-order valence-electron chi connectivity index (χ1n) is 7.74. The Kier molecular flexibility index (Phi) is 5.08. The number of carbonyl (C=O) groups is 1. The van der Waals surface area contributed by atoms with Gasteiger partial charge in [0.05, 0.1) is 10.0 Å². The number of benzene rings is 2. The minimum absolute atomic E-state index is 0.0612. The van der Waals surface area contributed by atoms with Gasteiger partial charge in [-0.1, -0.05) is 65.7 Å². The van der Waals surface area contributed by atoms with Crippen LogP contribution in [0.1, 0.15) is 35.2 Å². The summed E-state index contributed by atoms with van der Waals surface area (Å²) in [5.41, 5.74) is 2.49. The smallest absolute Gasteiger partial charge is 0.192 e. The van der Waals surface area contributed by atoms with E-state index in [1.54, 1.807) is 30.3 Å². The summed E-state index contributed by atoms with van der Waals surface area (Å²) in [4.78, 5) is 12.6. The largest absolute Gasteiger partial charge is 0.507 e. The van der Waals surface area contributed by atoms with E-state index in [4.69, 9.17) is 23.2 Å². The maximum absolute atomic E-state index is 12.6. The predicted molar refractivity (Wildman–Crippen MR) is 98.7 cm³/mol. The molecule has 24 heavy (non-hydrogen) atoms. The first kappa shape index (κ1) is 16.8. The van der Waals surface area contributed by atoms with Crippen molar-refractivity contribution in [3.8, 4) is 0 Å². The third kappa shape index (κ3) is 3.40. The summed E-state index contributed by atoms with van der Waals surface area (Å²) in [5.74, 6) is -0.0676. The van der Waals surface area contributed by atoms with Crippen LogP contribution in [-0.2, 0) is 0 Å². The molecule has 1 aliphatic rings. The van der Waals surface area contributed by atoms with Gasteiger partial charge in [-0.3, -0.25) is 4.79 Å². The molecule has 0 spiro atoms. The number of aliphatic hydroxyl groups excluding tert-OH is 1. The molecule has 0 fully saturated rings. The SMILES string of the molecule is O=C(C1=C(O)/C(=C/c2cccc(Cl)c2Cl)CCC1)c1ccccc1. The molecule has 0 amide bonds. The minimum Gasteiger partial charge on any atom is -0.507 e. The molecule has 1 N–H and O–H groups in total. The van der Waals surface area contributed by atoms with E-state index in [9.17, 15) is 9.90 Å². The molecule has 3 rings (SSSR count). The van der Waals surface area contributed by atoms with Crippen LogP contribution in [0.5, 0.6) is 0 Å². The highest BCUT2D eigenvalue weighted by Crippen LogP contribution is 2.34. The van der Waals surface area contributed by atoms with E-state index < -0.39 is 0 Å². The van der Waals surface area contributed by atoms with Gasteiger partial charge >= 0.3 is 0 Å². The van der Waals surface area contributed by atoms with Gasteiger partial charge in [-0.15, -0.1) is 0 Å². The summed E-state index contributed by atoms with van der Waals surface area (Å²) in [6, 6.07) is 14.4. The second-order valence-corrected chi connectivity index (χ2v) is 6.47. The molecule has 0 aromatic heterocycles. The Labute approximate surface area is 151 Å². The number of ketones is 1. The van der Waals surface area contributed by atoms with Crippen LogP contribution in [0.4, 0.5) is 0 Å². The highest BCUT2D eigenvalue weighted by atomic mass is 35.5. The van der Waals surface area contributed by atoms with Crippen molar-refractivity contribution in [2.75, 3.05) is 0 Å². The Morgan fingerprint density at radius 1 is 1.00 bits per heavy atom. The van der Waals surface area contributed by atoms with Crippen molar-refractivity contribution in [2.45, 2.75) is 19.3 Å². The normalized spacial score (nSPS) is 16.5. The van der Waals surface area contributed by atoms with E-state index in [0.29, 0.717) is 39.6 Å². The van der Waals surface area contributed by atoms with Crippen molar-refractivity contribution in [2.24, 2.45) is 0 Å². The molecule has 0 saturated carbocycles. The van der Waals surface area contributed by atoms with Gasteiger partial charge in [0.1, 0.15) is 5.76 Å². The summed E-state index contributed by atoms with van der Waals surface area (Å²) in [5, 5.41) is 11.5. The van der Waals surface area contributed by atoms with Crippen molar-refractivity contribution in [1.29, 1.82) is 0 Å². The standard InChI is InChI=1S/C20H16Cl2O2/c21-17-11-5-8-14(18(17)22)12-15-9-4-10-16(20(15)24)19(23)13-6-2-1-3-7-13/h1-3,5-8,11-12,24H,4,9-10H2/b15-12+.